The van der Waals surface area contributed by atoms with Crippen LogP contribution in [0, 0.1) is 6.92 Å². The highest BCUT2D eigenvalue weighted by Crippen LogP contribution is 2.37. The topological polar surface area (TPSA) is 34.8 Å². The van der Waals surface area contributed by atoms with E-state index in [4.69, 9.17) is 13.9 Å². The number of nitrogens with zero attached hydrogens (tertiary/aromatic N) is 1. The third-order valence-electron chi connectivity index (χ3n) is 5.45. The van der Waals surface area contributed by atoms with Gasteiger partial charge in [-0.3, -0.25) is 4.90 Å². The number of rotatable bonds is 5. The van der Waals surface area contributed by atoms with Gasteiger partial charge in [-0.05, 0) is 37.5 Å². The lowest BCUT2D eigenvalue weighted by Gasteiger charge is -2.38. The number of ether oxygens (including phenoxy) is 2. The normalized spacial score (nSPS) is 23.3. The van der Waals surface area contributed by atoms with Crippen LogP contribution >= 0.6 is 0 Å². The Labute approximate surface area is 149 Å². The molecule has 0 bridgehead atoms. The van der Waals surface area contributed by atoms with Crippen LogP contribution in [0.5, 0.6) is 0 Å². The van der Waals surface area contributed by atoms with E-state index in [1.54, 1.807) is 0 Å². The molecule has 1 spiro atoms. The molecule has 1 unspecified atom stereocenters. The second-order valence-corrected chi connectivity index (χ2v) is 7.41. The summed E-state index contributed by atoms with van der Waals surface area (Å²) in [6.07, 6.45) is 3.41. The zero-order chi connectivity index (χ0) is 17.1. The van der Waals surface area contributed by atoms with Gasteiger partial charge in [-0.25, -0.2) is 0 Å². The van der Waals surface area contributed by atoms with Gasteiger partial charge < -0.3 is 13.9 Å². The molecule has 1 aromatic carbocycles. The Morgan fingerprint density at radius 3 is 2.64 bits per heavy atom. The molecule has 0 aliphatic carbocycles. The second-order valence-electron chi connectivity index (χ2n) is 7.41. The minimum atomic E-state index is 0.0247. The summed E-state index contributed by atoms with van der Waals surface area (Å²) in [7, 11) is 0. The van der Waals surface area contributed by atoms with E-state index in [-0.39, 0.29) is 11.7 Å². The van der Waals surface area contributed by atoms with E-state index in [1.165, 1.54) is 5.56 Å². The van der Waals surface area contributed by atoms with Crippen LogP contribution in [0.15, 0.2) is 46.9 Å². The maximum atomic E-state index is 6.21. The Morgan fingerprint density at radius 2 is 1.92 bits per heavy atom. The highest BCUT2D eigenvalue weighted by atomic mass is 16.6. The number of benzene rings is 1. The van der Waals surface area contributed by atoms with E-state index in [0.29, 0.717) is 6.61 Å². The molecule has 0 amide bonds. The van der Waals surface area contributed by atoms with Crippen LogP contribution in [-0.2, 0) is 22.6 Å². The number of likely N-dealkylation sites (tertiary alicyclic amines) is 1. The first-order valence-electron chi connectivity index (χ1n) is 9.28. The largest absolute Gasteiger partial charge is 0.465 e. The Morgan fingerprint density at radius 1 is 1.12 bits per heavy atom. The van der Waals surface area contributed by atoms with Crippen molar-refractivity contribution in [2.24, 2.45) is 0 Å². The van der Waals surface area contributed by atoms with Gasteiger partial charge in [0, 0.05) is 19.5 Å². The minimum Gasteiger partial charge on any atom is -0.465 e. The van der Waals surface area contributed by atoms with E-state index < -0.39 is 0 Å². The molecule has 2 aliphatic heterocycles. The molecule has 2 saturated heterocycles. The minimum absolute atomic E-state index is 0.0247. The predicted molar refractivity (Wildman–Crippen MR) is 96.3 cm³/mol. The summed E-state index contributed by atoms with van der Waals surface area (Å²) in [6, 6.07) is 14.5. The fraction of sp³-hybridized carbons (Fsp3) is 0.524. The van der Waals surface area contributed by atoms with Crippen LogP contribution in [0.4, 0.5) is 0 Å². The van der Waals surface area contributed by atoms with Gasteiger partial charge in [0.1, 0.15) is 11.5 Å². The van der Waals surface area contributed by atoms with Gasteiger partial charge in [0.15, 0.2) is 0 Å². The van der Waals surface area contributed by atoms with E-state index in [9.17, 15) is 0 Å². The molecule has 0 radical (unpaired) electrons. The maximum absolute atomic E-state index is 6.21. The third-order valence-corrected chi connectivity index (χ3v) is 5.45. The Balaban J connectivity index is 1.24. The first kappa shape index (κ1) is 16.8. The standard InChI is InChI=1S/C21H27NO3/c1-17-7-8-19(25-17)14-22-11-9-21(10-12-22)13-20(16-24-21)23-15-18-5-3-2-4-6-18/h2-8,20H,9-16H2,1H3. The lowest BCUT2D eigenvalue weighted by molar-refractivity contribution is -0.0476. The molecule has 0 N–H and O–H groups in total. The van der Waals surface area contributed by atoms with E-state index in [2.05, 4.69) is 35.2 Å². The highest BCUT2D eigenvalue weighted by Gasteiger charge is 2.43. The number of furan rings is 1. The average molecular weight is 341 g/mol. The highest BCUT2D eigenvalue weighted by molar-refractivity contribution is 5.13. The van der Waals surface area contributed by atoms with Crippen LogP contribution < -0.4 is 0 Å². The second kappa shape index (κ2) is 7.32. The lowest BCUT2D eigenvalue weighted by atomic mass is 9.88. The first-order chi connectivity index (χ1) is 12.2. The Bertz CT molecular complexity index is 673. The van der Waals surface area contributed by atoms with Gasteiger partial charge in [-0.15, -0.1) is 0 Å². The van der Waals surface area contributed by atoms with Gasteiger partial charge in [0.2, 0.25) is 0 Å². The fourth-order valence-corrected chi connectivity index (χ4v) is 3.96. The molecule has 2 aromatic rings. The summed E-state index contributed by atoms with van der Waals surface area (Å²) < 4.78 is 18.0. The maximum Gasteiger partial charge on any atom is 0.118 e. The molecule has 0 saturated carbocycles. The van der Waals surface area contributed by atoms with E-state index >= 15 is 0 Å². The molecule has 4 nitrogen and oxygen atoms in total. The molecule has 1 aromatic heterocycles. The zero-order valence-electron chi connectivity index (χ0n) is 14.9. The van der Waals surface area contributed by atoms with Gasteiger partial charge in [0.05, 0.1) is 31.5 Å². The first-order valence-corrected chi connectivity index (χ1v) is 9.28. The van der Waals surface area contributed by atoms with Gasteiger partial charge in [-0.1, -0.05) is 30.3 Å². The Kier molecular flexibility index (Phi) is 4.93. The van der Waals surface area contributed by atoms with Crippen molar-refractivity contribution in [3.63, 3.8) is 0 Å². The molecular weight excluding hydrogens is 314 g/mol. The summed E-state index contributed by atoms with van der Waals surface area (Å²) in [6.45, 7) is 6.42. The van der Waals surface area contributed by atoms with Crippen LogP contribution in [0.1, 0.15) is 36.3 Å². The van der Waals surface area contributed by atoms with Crippen LogP contribution in [0.25, 0.3) is 0 Å². The summed E-state index contributed by atoms with van der Waals surface area (Å²) in [4.78, 5) is 2.46. The number of piperidine rings is 1. The number of hydrogen-bond acceptors (Lipinski definition) is 4. The van der Waals surface area contributed by atoms with E-state index in [0.717, 1.165) is 57.0 Å². The smallest absolute Gasteiger partial charge is 0.118 e. The SMILES string of the molecule is Cc1ccc(CN2CCC3(CC2)CC(OCc2ccccc2)CO3)o1. The molecule has 4 rings (SSSR count). The zero-order valence-corrected chi connectivity index (χ0v) is 14.9. The molecule has 1 atom stereocenters. The summed E-state index contributed by atoms with van der Waals surface area (Å²) >= 11 is 0. The number of aryl methyl sites for hydroxylation is 1. The van der Waals surface area contributed by atoms with Crippen LogP contribution in [0.2, 0.25) is 0 Å². The lowest BCUT2D eigenvalue weighted by Crippen LogP contribution is -2.43. The van der Waals surface area contributed by atoms with Crippen molar-refractivity contribution in [2.75, 3.05) is 19.7 Å². The van der Waals surface area contributed by atoms with Crippen molar-refractivity contribution in [1.29, 1.82) is 0 Å². The molecule has 25 heavy (non-hydrogen) atoms. The molecular formula is C21H27NO3. The Hall–Kier alpha value is -1.62. The van der Waals surface area contributed by atoms with E-state index in [1.807, 2.05) is 19.1 Å². The molecule has 4 heteroatoms. The van der Waals surface area contributed by atoms with Gasteiger partial charge in [0.25, 0.3) is 0 Å². The monoisotopic (exact) mass is 341 g/mol. The van der Waals surface area contributed by atoms with Crippen molar-refractivity contribution in [2.45, 2.75) is 51.0 Å². The predicted octanol–water partition coefficient (Wildman–Crippen LogP) is 3.93. The quantitative estimate of drug-likeness (QED) is 0.825. The van der Waals surface area contributed by atoms with Crippen molar-refractivity contribution >= 4 is 0 Å². The molecule has 3 heterocycles. The van der Waals surface area contributed by atoms with Crippen molar-refractivity contribution in [3.8, 4) is 0 Å². The van der Waals surface area contributed by atoms with Crippen LogP contribution in [-0.4, -0.2) is 36.3 Å². The molecule has 2 fully saturated rings. The summed E-state index contributed by atoms with van der Waals surface area (Å²) in [5.41, 5.74) is 1.25. The number of hydrogen-bond donors (Lipinski definition) is 0. The van der Waals surface area contributed by atoms with Crippen LogP contribution in [0.3, 0.4) is 0 Å². The fourth-order valence-electron chi connectivity index (χ4n) is 3.96. The third kappa shape index (κ3) is 4.14. The molecule has 134 valence electrons. The summed E-state index contributed by atoms with van der Waals surface area (Å²) in [5, 5.41) is 0. The average Bonchev–Trinajstić information content (AvgIpc) is 3.23. The van der Waals surface area contributed by atoms with Crippen molar-refractivity contribution in [3.05, 3.63) is 59.5 Å². The molecule has 2 aliphatic rings. The summed E-state index contributed by atoms with van der Waals surface area (Å²) in [5.74, 6) is 2.05. The van der Waals surface area contributed by atoms with Crippen molar-refractivity contribution in [1.82, 2.24) is 4.90 Å². The van der Waals surface area contributed by atoms with Gasteiger partial charge >= 0.3 is 0 Å². The van der Waals surface area contributed by atoms with Crippen molar-refractivity contribution < 1.29 is 13.9 Å². The van der Waals surface area contributed by atoms with Gasteiger partial charge in [-0.2, -0.15) is 0 Å².